The van der Waals surface area contributed by atoms with Gasteiger partial charge in [-0.3, -0.25) is 34.1 Å². The number of para-hydroxylation sites is 1. The Balaban J connectivity index is 0.962. The van der Waals surface area contributed by atoms with Crippen LogP contribution in [0.2, 0.25) is 0 Å². The van der Waals surface area contributed by atoms with E-state index in [1.165, 1.54) is 32.7 Å². The van der Waals surface area contributed by atoms with Crippen LogP contribution in [0.3, 0.4) is 0 Å². The molecule has 3 aromatic heterocycles. The highest BCUT2D eigenvalue weighted by atomic mass is 32.2. The number of piperazine rings is 1. The third-order valence-electron chi connectivity index (χ3n) is 13.8. The average Bonchev–Trinajstić information content (AvgIpc) is 3.97. The molecule has 414 valence electrons. The van der Waals surface area contributed by atoms with Crippen molar-refractivity contribution in [3.8, 4) is 5.75 Å². The normalized spacial score (nSPS) is 17.1. The maximum absolute atomic E-state index is 14.7. The van der Waals surface area contributed by atoms with Crippen LogP contribution in [0, 0.1) is 30.9 Å². The van der Waals surface area contributed by atoms with E-state index in [1.54, 1.807) is 53.7 Å². The number of sulfone groups is 1. The number of benzene rings is 2. The molecule has 5 amide bonds. The predicted octanol–water partition coefficient (Wildman–Crippen LogP) is 4.81. The van der Waals surface area contributed by atoms with E-state index in [4.69, 9.17) is 4.74 Å². The fourth-order valence-corrected chi connectivity index (χ4v) is 10.1. The second kappa shape index (κ2) is 22.9. The molecule has 6 N–H and O–H groups in total. The molecule has 2 fully saturated rings. The first kappa shape index (κ1) is 57.1. The van der Waals surface area contributed by atoms with Gasteiger partial charge in [-0.25, -0.2) is 41.9 Å². The van der Waals surface area contributed by atoms with Crippen molar-refractivity contribution in [1.82, 2.24) is 55.5 Å². The lowest BCUT2D eigenvalue weighted by molar-refractivity contribution is -0.143. The molecular weight excluding hydrogens is 1020 g/mol. The molecule has 2 aliphatic heterocycles. The van der Waals surface area contributed by atoms with Gasteiger partial charge in [-0.15, -0.1) is 0 Å². The minimum atomic E-state index is -3.88. The number of nitrogens with one attached hydrogen (secondary N) is 5. The van der Waals surface area contributed by atoms with E-state index >= 15 is 0 Å². The van der Waals surface area contributed by atoms with Gasteiger partial charge in [0.25, 0.3) is 5.91 Å². The third-order valence-corrected chi connectivity index (χ3v) is 16.3. The number of anilines is 4. The van der Waals surface area contributed by atoms with Crippen LogP contribution in [-0.4, -0.2) is 170 Å². The summed E-state index contributed by atoms with van der Waals surface area (Å²) in [6.07, 6.45) is 3.20. The zero-order chi connectivity index (χ0) is 56.3. The van der Waals surface area contributed by atoms with Crippen LogP contribution in [0.15, 0.2) is 53.9 Å². The molecular formula is C51H66F2N14O9S. The summed E-state index contributed by atoms with van der Waals surface area (Å²) in [4.78, 5) is 90.7. The Morgan fingerprint density at radius 2 is 1.64 bits per heavy atom. The number of fused-ring (bicyclic) bond motifs is 1. The highest BCUT2D eigenvalue weighted by Gasteiger charge is 2.46. The van der Waals surface area contributed by atoms with Gasteiger partial charge in [0.15, 0.2) is 15.7 Å². The number of likely N-dealkylation sites (tertiary alicyclic amines) is 1. The number of H-pyrrole nitrogens is 1. The fourth-order valence-electron chi connectivity index (χ4n) is 8.74. The van der Waals surface area contributed by atoms with Crippen LogP contribution in [0.1, 0.15) is 83.1 Å². The summed E-state index contributed by atoms with van der Waals surface area (Å²) in [5, 5.41) is 28.0. The fraction of sp³-hybridized carbons (Fsp3) is 0.490. The van der Waals surface area contributed by atoms with E-state index in [0.717, 1.165) is 39.3 Å². The number of aromatic amines is 1. The van der Waals surface area contributed by atoms with Crippen molar-refractivity contribution >= 4 is 73.6 Å². The van der Waals surface area contributed by atoms with Crippen LogP contribution < -0.4 is 30.9 Å². The largest absolute Gasteiger partial charge is 0.492 e. The number of carbonyl (C=O) groups is 5. The first-order valence-corrected chi connectivity index (χ1v) is 26.5. The van der Waals surface area contributed by atoms with Crippen LogP contribution in [0.25, 0.3) is 10.9 Å². The van der Waals surface area contributed by atoms with Gasteiger partial charge in [0.1, 0.15) is 69.7 Å². The Kier molecular flexibility index (Phi) is 17.0. The number of amides is 5. The predicted molar refractivity (Wildman–Crippen MR) is 282 cm³/mol. The number of ether oxygens (including phenoxy) is 1. The number of rotatable bonds is 17. The number of nitrogens with zero attached hydrogens (tertiary/aromatic N) is 9. The van der Waals surface area contributed by atoms with Crippen molar-refractivity contribution < 1.29 is 51.0 Å². The quantitative estimate of drug-likeness (QED) is 0.0681. The van der Waals surface area contributed by atoms with Gasteiger partial charge in [-0.05, 0) is 78.0 Å². The first-order chi connectivity index (χ1) is 36.2. The minimum absolute atomic E-state index is 0.0322. The van der Waals surface area contributed by atoms with E-state index in [1.807, 2.05) is 18.7 Å². The van der Waals surface area contributed by atoms with Crippen molar-refractivity contribution in [2.75, 3.05) is 68.5 Å². The molecule has 2 saturated heterocycles. The van der Waals surface area contributed by atoms with E-state index in [2.05, 4.69) is 56.3 Å². The molecule has 0 unspecified atom stereocenters. The molecule has 2 aromatic carbocycles. The highest BCUT2D eigenvalue weighted by molar-refractivity contribution is 7.92. The number of hydrogen-bond acceptors (Lipinski definition) is 16. The average molecular weight is 1090 g/mol. The maximum atomic E-state index is 14.7. The SMILES string of the molecule is Cc1[nH]nc(Nc2ncnc3cc(OCCCN4CCN(c5cnc(C(=O)N[C@H]6C[C@@H](C(=O)Nc7c(F)cccc7F)N(C(=O)[C@@H](NC(=O)[C@H](C)N(C)C(=O)O)C(C)(C)C)C6)cn5)CC4)c(S(=O)(=O)C(C)(C)C)cc23)c1C. The molecule has 0 aliphatic carbocycles. The molecule has 5 heterocycles. The number of carboxylic acid groups (broad SMARTS) is 1. The van der Waals surface area contributed by atoms with Crippen LogP contribution in [-0.2, 0) is 24.2 Å². The van der Waals surface area contributed by atoms with Crippen LogP contribution in [0.4, 0.5) is 36.7 Å². The van der Waals surface area contributed by atoms with E-state index in [9.17, 15) is 46.3 Å². The maximum Gasteiger partial charge on any atom is 0.407 e. The van der Waals surface area contributed by atoms with Gasteiger partial charge in [0, 0.05) is 75.1 Å². The smallest absolute Gasteiger partial charge is 0.407 e. The number of aromatic nitrogens is 6. The highest BCUT2D eigenvalue weighted by Crippen LogP contribution is 2.38. The van der Waals surface area contributed by atoms with Crippen molar-refractivity contribution in [3.63, 3.8) is 0 Å². The second-order valence-electron chi connectivity index (χ2n) is 21.3. The van der Waals surface area contributed by atoms with Crippen molar-refractivity contribution in [3.05, 3.63) is 77.6 Å². The number of hydrogen-bond donors (Lipinski definition) is 6. The van der Waals surface area contributed by atoms with Gasteiger partial charge in [-0.2, -0.15) is 5.10 Å². The van der Waals surface area contributed by atoms with E-state index in [-0.39, 0.29) is 35.9 Å². The Morgan fingerprint density at radius 3 is 2.23 bits per heavy atom. The topological polar surface area (TPSA) is 290 Å². The number of aryl methyl sites for hydroxylation is 1. The van der Waals surface area contributed by atoms with E-state index < -0.39 is 91.2 Å². The monoisotopic (exact) mass is 1090 g/mol. The summed E-state index contributed by atoms with van der Waals surface area (Å²) in [6, 6.07) is 1.46. The Morgan fingerprint density at radius 1 is 0.948 bits per heavy atom. The van der Waals surface area contributed by atoms with Gasteiger partial charge in [-0.1, -0.05) is 26.8 Å². The summed E-state index contributed by atoms with van der Waals surface area (Å²) >= 11 is 0. The lowest BCUT2D eigenvalue weighted by Gasteiger charge is -2.36. The summed E-state index contributed by atoms with van der Waals surface area (Å²) in [5.41, 5.74) is 0.492. The van der Waals surface area contributed by atoms with Gasteiger partial charge in [0.2, 0.25) is 17.7 Å². The number of halogens is 2. The molecule has 23 nitrogen and oxygen atoms in total. The van der Waals surface area contributed by atoms with Crippen LogP contribution in [0.5, 0.6) is 5.75 Å². The molecule has 77 heavy (non-hydrogen) atoms. The zero-order valence-electron chi connectivity index (χ0n) is 44.7. The van der Waals surface area contributed by atoms with Crippen molar-refractivity contribution in [2.45, 2.75) is 109 Å². The molecule has 0 bridgehead atoms. The third kappa shape index (κ3) is 12.8. The van der Waals surface area contributed by atoms with Crippen LogP contribution >= 0.6 is 0 Å². The number of likely N-dealkylation sites (N-methyl/N-ethyl adjacent to an activating group) is 1. The Hall–Kier alpha value is -7.61. The van der Waals surface area contributed by atoms with Crippen molar-refractivity contribution in [1.29, 1.82) is 0 Å². The molecule has 0 spiro atoms. The molecule has 4 atom stereocenters. The molecule has 0 saturated carbocycles. The van der Waals surface area contributed by atoms with Gasteiger partial charge < -0.3 is 40.9 Å². The Labute approximate surface area is 444 Å². The molecule has 2 aliphatic rings. The lowest BCUT2D eigenvalue weighted by atomic mass is 9.85. The minimum Gasteiger partial charge on any atom is -0.492 e. The Bertz CT molecular complexity index is 3120. The zero-order valence-corrected chi connectivity index (χ0v) is 45.5. The summed E-state index contributed by atoms with van der Waals surface area (Å²) in [6.45, 7) is 18.2. The van der Waals surface area contributed by atoms with Gasteiger partial charge in [0.05, 0.1) is 29.3 Å². The lowest BCUT2D eigenvalue weighted by Crippen LogP contribution is -2.59. The second-order valence-corrected chi connectivity index (χ2v) is 23.9. The molecule has 7 rings (SSSR count). The molecule has 26 heteroatoms. The number of carbonyl (C=O) groups excluding carboxylic acids is 4. The van der Waals surface area contributed by atoms with Crippen molar-refractivity contribution in [2.24, 2.45) is 5.41 Å². The summed E-state index contributed by atoms with van der Waals surface area (Å²) < 4.78 is 62.4. The molecule has 5 aromatic rings. The molecule has 0 radical (unpaired) electrons. The first-order valence-electron chi connectivity index (χ1n) is 25.0. The summed E-state index contributed by atoms with van der Waals surface area (Å²) in [7, 11) is -2.68. The standard InChI is InChI=1S/C51H66F2N14O9S/c1-28-29(2)62-63-43(28)61-44-32-22-39(77(74,75)51(7,8)9)38(23-35(32)56-27-57-44)76-20-12-15-65-16-18-66(19-17-65)40-25-54-36(24-55-40)46(69)58-31-21-37(47(70)59-41-33(52)13-11-14-34(41)53)67(26-31)48(71)42(50(4,5)6)60-45(68)30(3)64(10)49(72)73/h11,13-14,22-25,27,30-31,37,42H,12,15-21,26H2,1-10H3,(H,58,69)(H,59,70)(H,60,68)(H,72,73)(H2,56,57,61,62,63)/t30-,31-,37-,42+/m0/s1. The van der Waals surface area contributed by atoms with Gasteiger partial charge >= 0.3 is 6.09 Å². The van der Waals surface area contributed by atoms with E-state index in [0.29, 0.717) is 67.5 Å². The summed E-state index contributed by atoms with van der Waals surface area (Å²) in [5.74, 6) is -3.57.